The van der Waals surface area contributed by atoms with Crippen LogP contribution in [0.1, 0.15) is 0 Å². The molecule has 15 heteroatoms. The molecule has 0 N–H and O–H groups in total. The zero-order chi connectivity index (χ0) is 31.8. The molecule has 0 atom stereocenters. The van der Waals surface area contributed by atoms with E-state index >= 15 is 0 Å². The second kappa shape index (κ2) is 20.1. The number of benzene rings is 2. The molecule has 0 aliphatic rings. The van der Waals surface area contributed by atoms with Crippen LogP contribution in [-0.4, -0.2) is 119 Å². The SMILES string of the molecule is COc1ccc([Si-]c2ccc(OC)c(OC)c2OC)c(OC)c1OC.C[O+](C)[Si-](C)C.C[O+](C)[Si](C)(C)O[Si]O[Si]. The van der Waals surface area contributed by atoms with Crippen molar-refractivity contribution in [2.75, 3.05) is 71.1 Å². The van der Waals surface area contributed by atoms with Crippen LogP contribution < -0.4 is 38.8 Å². The second-order valence-electron chi connectivity index (χ2n) is 9.12. The lowest BCUT2D eigenvalue weighted by molar-refractivity contribution is 0.0683. The van der Waals surface area contributed by atoms with Crippen LogP contribution >= 0.6 is 0 Å². The van der Waals surface area contributed by atoms with E-state index in [9.17, 15) is 0 Å². The highest BCUT2D eigenvalue weighted by molar-refractivity contribution is 6.70. The van der Waals surface area contributed by atoms with E-state index in [4.69, 9.17) is 32.5 Å². The van der Waals surface area contributed by atoms with Crippen molar-refractivity contribution in [1.29, 1.82) is 0 Å². The Morgan fingerprint density at radius 1 is 0.683 bits per heavy atom. The molecular formula is C26H46O10Si5. The van der Waals surface area contributed by atoms with Gasteiger partial charge in [-0.1, -0.05) is 12.1 Å². The topological polar surface area (TPSA) is 79.2 Å². The molecule has 0 unspecified atom stereocenters. The van der Waals surface area contributed by atoms with Gasteiger partial charge in [0.15, 0.2) is 23.0 Å². The van der Waals surface area contributed by atoms with Crippen molar-refractivity contribution >= 4 is 58.0 Å². The Morgan fingerprint density at radius 3 is 1.29 bits per heavy atom. The highest BCUT2D eigenvalue weighted by Gasteiger charge is 2.37. The van der Waals surface area contributed by atoms with Gasteiger partial charge >= 0.3 is 18.6 Å². The summed E-state index contributed by atoms with van der Waals surface area (Å²) in [4.78, 5) is 0. The van der Waals surface area contributed by atoms with E-state index in [1.165, 1.54) is 0 Å². The molecule has 0 amide bonds. The summed E-state index contributed by atoms with van der Waals surface area (Å²) < 4.78 is 48.5. The minimum atomic E-state index is -1.70. The minimum absolute atomic E-state index is 0.0719. The van der Waals surface area contributed by atoms with Crippen LogP contribution in [0, 0.1) is 0 Å². The Bertz CT molecular complexity index is 955. The number of methoxy groups -OCH3 is 6. The Hall–Kier alpha value is -1.84. The molecule has 0 spiro atoms. The molecule has 0 saturated heterocycles. The third kappa shape index (κ3) is 12.5. The molecule has 10 nitrogen and oxygen atoms in total. The normalized spacial score (nSPS) is 10.8. The maximum Gasteiger partial charge on any atom is 0.529 e. The Kier molecular flexibility index (Phi) is 19.2. The molecule has 0 aromatic heterocycles. The molecular weight excluding hydrogens is 613 g/mol. The molecule has 0 saturated carbocycles. The third-order valence-corrected chi connectivity index (χ3v) is 13.4. The van der Waals surface area contributed by atoms with Crippen molar-refractivity contribution < 1.29 is 44.8 Å². The fourth-order valence-corrected chi connectivity index (χ4v) is 6.04. The molecule has 2 aromatic carbocycles. The van der Waals surface area contributed by atoms with Gasteiger partial charge in [0.2, 0.25) is 10.5 Å². The largest absolute Gasteiger partial charge is 0.671 e. The van der Waals surface area contributed by atoms with Crippen LogP contribution in [0.2, 0.25) is 26.2 Å². The van der Waals surface area contributed by atoms with Crippen LogP contribution in [0.4, 0.5) is 0 Å². The van der Waals surface area contributed by atoms with E-state index in [-0.39, 0.29) is 28.6 Å². The van der Waals surface area contributed by atoms with E-state index < -0.39 is 8.56 Å². The quantitative estimate of drug-likeness (QED) is 0.240. The predicted octanol–water partition coefficient (Wildman–Crippen LogP) is 2.59. The summed E-state index contributed by atoms with van der Waals surface area (Å²) in [7, 11) is 18.8. The van der Waals surface area contributed by atoms with Gasteiger partial charge in [0.25, 0.3) is 0 Å². The molecule has 0 bridgehead atoms. The van der Waals surface area contributed by atoms with Gasteiger partial charge in [-0.3, -0.25) is 0 Å². The van der Waals surface area contributed by atoms with E-state index in [0.717, 1.165) is 10.4 Å². The minimum Gasteiger partial charge on any atom is -0.671 e. The number of ether oxygens (including phenoxy) is 6. The molecule has 230 valence electrons. The summed E-state index contributed by atoms with van der Waals surface area (Å²) in [6, 6.07) is 7.62. The molecule has 0 fully saturated rings. The zero-order valence-electron chi connectivity index (χ0n) is 26.9. The first-order chi connectivity index (χ1) is 19.3. The first-order valence-electron chi connectivity index (χ1n) is 12.4. The van der Waals surface area contributed by atoms with Crippen molar-refractivity contribution in [2.24, 2.45) is 0 Å². The van der Waals surface area contributed by atoms with E-state index in [0.29, 0.717) is 34.5 Å². The van der Waals surface area contributed by atoms with Gasteiger partial charge < -0.3 is 54.3 Å². The van der Waals surface area contributed by atoms with Crippen molar-refractivity contribution in [1.82, 2.24) is 0 Å². The Balaban J connectivity index is 0.000000823. The first kappa shape index (κ1) is 39.2. The molecule has 2 rings (SSSR count). The van der Waals surface area contributed by atoms with Gasteiger partial charge in [0.1, 0.15) is 34.8 Å². The fraction of sp³-hybridized carbons (Fsp3) is 0.538. The van der Waals surface area contributed by atoms with E-state index in [1.807, 2.05) is 52.7 Å². The summed E-state index contributed by atoms with van der Waals surface area (Å²) in [6.07, 6.45) is 0. The maximum absolute atomic E-state index is 5.56. The van der Waals surface area contributed by atoms with Crippen molar-refractivity contribution in [3.05, 3.63) is 24.3 Å². The van der Waals surface area contributed by atoms with Gasteiger partial charge in [0.05, 0.1) is 56.9 Å². The molecule has 0 heterocycles. The summed E-state index contributed by atoms with van der Waals surface area (Å²) in [5, 5.41) is 1.93. The first-order valence-corrected chi connectivity index (χ1v) is 19.8. The second-order valence-corrected chi connectivity index (χ2v) is 18.5. The molecule has 41 heavy (non-hydrogen) atoms. The van der Waals surface area contributed by atoms with Crippen LogP contribution in [0.5, 0.6) is 34.5 Å². The standard InChI is InChI=1S/C18H22O6Si.C4H12O3Si3.C4H12OSi/c1-19-11-7-9-13(17(23-5)15(11)21-3)25-14-10-8-12(20-2)16(22-4)18(14)24-6;1-7(2)10(3,4)6-9-5-8;1-5(2)6(3)4/h7-10H,1-6H3;1-4H3;1-4H3/q-1;+1;. The van der Waals surface area contributed by atoms with Gasteiger partial charge in [-0.25, -0.2) is 0 Å². The van der Waals surface area contributed by atoms with E-state index in [1.54, 1.807) is 42.7 Å². The lowest BCUT2D eigenvalue weighted by Gasteiger charge is -2.27. The van der Waals surface area contributed by atoms with Crippen molar-refractivity contribution in [3.8, 4) is 34.5 Å². The lowest BCUT2D eigenvalue weighted by Crippen LogP contribution is -2.42. The predicted molar refractivity (Wildman–Crippen MR) is 172 cm³/mol. The summed E-state index contributed by atoms with van der Waals surface area (Å²) >= 11 is 0. The average Bonchev–Trinajstić information content (AvgIpc) is 2.95. The molecule has 2 aromatic rings. The summed E-state index contributed by atoms with van der Waals surface area (Å²) in [5.41, 5.74) is 0. The molecule has 0 aliphatic heterocycles. The monoisotopic (exact) mass is 658 g/mol. The van der Waals surface area contributed by atoms with Gasteiger partial charge in [0, 0.05) is 13.1 Å². The van der Waals surface area contributed by atoms with Gasteiger partial charge in [-0.2, -0.15) is 10.4 Å². The number of hydrogen-bond acceptors (Lipinski definition) is 8. The third-order valence-electron chi connectivity index (χ3n) is 5.81. The lowest BCUT2D eigenvalue weighted by atomic mass is 10.3. The smallest absolute Gasteiger partial charge is 0.529 e. The zero-order valence-corrected chi connectivity index (χ0v) is 31.9. The van der Waals surface area contributed by atoms with Crippen molar-refractivity contribution in [2.45, 2.75) is 26.2 Å². The molecule has 0 aliphatic carbocycles. The highest BCUT2D eigenvalue weighted by Crippen LogP contribution is 2.37. The Morgan fingerprint density at radius 2 is 1.05 bits per heavy atom. The van der Waals surface area contributed by atoms with E-state index in [2.05, 4.69) is 48.9 Å². The van der Waals surface area contributed by atoms with Gasteiger partial charge in [-0.15, -0.1) is 13.1 Å². The number of hydrogen-bond donors (Lipinski definition) is 0. The van der Waals surface area contributed by atoms with Crippen LogP contribution in [-0.2, 0) is 16.3 Å². The van der Waals surface area contributed by atoms with Gasteiger partial charge in [-0.05, 0) is 12.1 Å². The highest BCUT2D eigenvalue weighted by atomic mass is 28.4. The summed E-state index contributed by atoms with van der Waals surface area (Å²) in [5.74, 6) is 3.64. The van der Waals surface area contributed by atoms with Crippen LogP contribution in [0.25, 0.3) is 0 Å². The van der Waals surface area contributed by atoms with Crippen molar-refractivity contribution in [3.63, 3.8) is 0 Å². The number of rotatable bonds is 13. The van der Waals surface area contributed by atoms with Crippen LogP contribution in [0.3, 0.4) is 0 Å². The molecule has 6 radical (unpaired) electrons. The average molecular weight is 659 g/mol. The van der Waals surface area contributed by atoms with Crippen LogP contribution in [0.15, 0.2) is 24.3 Å². The Labute approximate surface area is 258 Å². The maximum atomic E-state index is 5.56. The summed E-state index contributed by atoms with van der Waals surface area (Å²) in [6.45, 7) is 8.62. The fourth-order valence-electron chi connectivity index (χ4n) is 2.75.